The fraction of sp³-hybridized carbons (Fsp3) is 0.273. The molecule has 2 aromatic rings. The van der Waals surface area contributed by atoms with Crippen LogP contribution in [-0.4, -0.2) is 4.98 Å². The Kier molecular flexibility index (Phi) is 3.12. The Labute approximate surface area is 82.9 Å². The van der Waals surface area contributed by atoms with Crippen molar-refractivity contribution < 1.29 is 4.39 Å². The van der Waals surface area contributed by atoms with Gasteiger partial charge in [-0.3, -0.25) is 0 Å². The van der Waals surface area contributed by atoms with Gasteiger partial charge in [0.05, 0.1) is 5.69 Å². The average Bonchev–Trinajstić information content (AvgIpc) is 2.57. The van der Waals surface area contributed by atoms with E-state index in [1.54, 1.807) is 18.2 Å². The number of anilines is 1. The highest BCUT2D eigenvalue weighted by atomic mass is 19.1. The Hall–Kier alpha value is -1.51. The van der Waals surface area contributed by atoms with Gasteiger partial charge >= 0.3 is 0 Å². The molecule has 0 atom stereocenters. The summed E-state index contributed by atoms with van der Waals surface area (Å²) >= 11 is 0. The minimum absolute atomic E-state index is 0.196. The zero-order valence-corrected chi connectivity index (χ0v) is 8.69. The van der Waals surface area contributed by atoms with Gasteiger partial charge in [0.2, 0.25) is 0 Å². The Morgan fingerprint density at radius 3 is 2.57 bits per heavy atom. The van der Waals surface area contributed by atoms with Gasteiger partial charge in [0.15, 0.2) is 5.82 Å². The number of benzene rings is 1. The largest absolute Gasteiger partial charge is 0.396 e. The van der Waals surface area contributed by atoms with Crippen LogP contribution < -0.4 is 5.73 Å². The molecule has 0 aliphatic heterocycles. The number of nitrogen functional groups attached to an aromatic ring is 1. The Morgan fingerprint density at radius 1 is 1.29 bits per heavy atom. The molecule has 0 spiro atoms. The van der Waals surface area contributed by atoms with E-state index in [1.165, 1.54) is 0 Å². The number of fused-ring (bicyclic) bond motifs is 1. The Bertz CT molecular complexity index is 432. The number of nitrogens with one attached hydrogen (secondary N) is 1. The van der Waals surface area contributed by atoms with Gasteiger partial charge in [-0.15, -0.1) is 0 Å². The van der Waals surface area contributed by atoms with Crippen molar-refractivity contribution in [2.75, 3.05) is 5.73 Å². The van der Waals surface area contributed by atoms with Crippen LogP contribution in [0.3, 0.4) is 0 Å². The summed E-state index contributed by atoms with van der Waals surface area (Å²) < 4.78 is 13.3. The molecule has 2 nitrogen and oxygen atoms in total. The molecular formula is C11H15FN2. The van der Waals surface area contributed by atoms with E-state index in [-0.39, 0.29) is 11.5 Å². The highest BCUT2D eigenvalue weighted by Gasteiger charge is 2.05. The van der Waals surface area contributed by atoms with Crippen LogP contribution in [0.1, 0.15) is 19.5 Å². The van der Waals surface area contributed by atoms with Crippen molar-refractivity contribution in [2.45, 2.75) is 20.8 Å². The predicted octanol–water partition coefficient (Wildman–Crippen LogP) is 3.22. The molecular weight excluding hydrogens is 179 g/mol. The minimum atomic E-state index is -0.336. The number of hydrogen-bond donors (Lipinski definition) is 2. The van der Waals surface area contributed by atoms with Gasteiger partial charge in [0.25, 0.3) is 0 Å². The zero-order chi connectivity index (χ0) is 10.7. The van der Waals surface area contributed by atoms with Crippen molar-refractivity contribution >= 4 is 16.6 Å². The number of hydrogen-bond acceptors (Lipinski definition) is 1. The summed E-state index contributed by atoms with van der Waals surface area (Å²) in [7, 11) is 0. The SMILES string of the molecule is CC.Cc1cc2c(F)c(N)ccc2[nH]1. The molecule has 0 aliphatic rings. The molecule has 0 fully saturated rings. The van der Waals surface area contributed by atoms with E-state index in [2.05, 4.69) is 4.98 Å². The number of H-pyrrole nitrogens is 1. The number of rotatable bonds is 0. The lowest BCUT2D eigenvalue weighted by Crippen LogP contribution is -1.89. The van der Waals surface area contributed by atoms with Gasteiger partial charge in [-0.1, -0.05) is 13.8 Å². The first-order valence-corrected chi connectivity index (χ1v) is 4.72. The Morgan fingerprint density at radius 2 is 1.93 bits per heavy atom. The van der Waals surface area contributed by atoms with Gasteiger partial charge in [-0.25, -0.2) is 4.39 Å². The second-order valence-electron chi connectivity index (χ2n) is 2.88. The molecule has 3 heteroatoms. The Balaban J connectivity index is 0.000000461. The maximum absolute atomic E-state index is 13.3. The highest BCUT2D eigenvalue weighted by Crippen LogP contribution is 2.22. The first kappa shape index (κ1) is 10.6. The number of aromatic amines is 1. The van der Waals surface area contributed by atoms with Crippen LogP contribution in [-0.2, 0) is 0 Å². The summed E-state index contributed by atoms with van der Waals surface area (Å²) in [5.41, 5.74) is 7.33. The van der Waals surface area contributed by atoms with Crippen LogP contribution in [0.25, 0.3) is 10.9 Å². The van der Waals surface area contributed by atoms with Crippen LogP contribution in [0.15, 0.2) is 18.2 Å². The van der Waals surface area contributed by atoms with E-state index in [0.717, 1.165) is 11.2 Å². The molecule has 0 unspecified atom stereocenters. The van der Waals surface area contributed by atoms with Crippen molar-refractivity contribution in [3.63, 3.8) is 0 Å². The van der Waals surface area contributed by atoms with Gasteiger partial charge in [-0.2, -0.15) is 0 Å². The van der Waals surface area contributed by atoms with Crippen LogP contribution in [0, 0.1) is 12.7 Å². The van der Waals surface area contributed by atoms with Gasteiger partial charge in [0, 0.05) is 16.6 Å². The molecule has 0 saturated carbocycles. The number of aryl methyl sites for hydroxylation is 1. The molecule has 3 N–H and O–H groups in total. The molecule has 1 aromatic heterocycles. The minimum Gasteiger partial charge on any atom is -0.396 e. The first-order valence-electron chi connectivity index (χ1n) is 4.72. The van der Waals surface area contributed by atoms with Crippen LogP contribution in [0.2, 0.25) is 0 Å². The molecule has 1 heterocycles. The summed E-state index contributed by atoms with van der Waals surface area (Å²) in [6.45, 7) is 5.88. The van der Waals surface area contributed by atoms with Gasteiger partial charge in [0.1, 0.15) is 0 Å². The van der Waals surface area contributed by atoms with Crippen molar-refractivity contribution in [3.8, 4) is 0 Å². The van der Waals surface area contributed by atoms with Crippen molar-refractivity contribution in [1.82, 2.24) is 4.98 Å². The molecule has 2 rings (SSSR count). The van der Waals surface area contributed by atoms with Crippen LogP contribution >= 0.6 is 0 Å². The van der Waals surface area contributed by atoms with Crippen molar-refractivity contribution in [3.05, 3.63) is 29.7 Å². The zero-order valence-electron chi connectivity index (χ0n) is 8.69. The summed E-state index contributed by atoms with van der Waals surface area (Å²) in [6.07, 6.45) is 0. The molecule has 0 bridgehead atoms. The first-order chi connectivity index (χ1) is 6.68. The van der Waals surface area contributed by atoms with E-state index >= 15 is 0 Å². The van der Waals surface area contributed by atoms with Crippen LogP contribution in [0.4, 0.5) is 10.1 Å². The fourth-order valence-corrected chi connectivity index (χ4v) is 1.32. The molecule has 76 valence electrons. The molecule has 0 aliphatic carbocycles. The van der Waals surface area contributed by atoms with Crippen molar-refractivity contribution in [1.29, 1.82) is 0 Å². The standard InChI is InChI=1S/C9H9FN2.C2H6/c1-5-4-6-8(12-5)3-2-7(11)9(6)10;1-2/h2-4,12H,11H2,1H3;1-2H3. The lowest BCUT2D eigenvalue weighted by molar-refractivity contribution is 0.644. The highest BCUT2D eigenvalue weighted by molar-refractivity contribution is 5.84. The van der Waals surface area contributed by atoms with E-state index in [0.29, 0.717) is 5.39 Å². The fourth-order valence-electron chi connectivity index (χ4n) is 1.32. The molecule has 1 aromatic carbocycles. The lowest BCUT2D eigenvalue weighted by atomic mass is 10.2. The topological polar surface area (TPSA) is 41.8 Å². The summed E-state index contributed by atoms with van der Waals surface area (Å²) in [6, 6.07) is 5.09. The maximum Gasteiger partial charge on any atom is 0.155 e. The smallest absolute Gasteiger partial charge is 0.155 e. The summed E-state index contributed by atoms with van der Waals surface area (Å²) in [4.78, 5) is 3.03. The quantitative estimate of drug-likeness (QED) is 0.621. The number of aromatic nitrogens is 1. The van der Waals surface area contributed by atoms with Gasteiger partial charge in [-0.05, 0) is 25.1 Å². The second kappa shape index (κ2) is 4.13. The summed E-state index contributed by atoms with van der Waals surface area (Å²) in [5.74, 6) is -0.336. The number of nitrogens with two attached hydrogens (primary N) is 1. The van der Waals surface area contributed by atoms with E-state index in [9.17, 15) is 4.39 Å². The second-order valence-corrected chi connectivity index (χ2v) is 2.88. The lowest BCUT2D eigenvalue weighted by Gasteiger charge is -1.95. The third-order valence-electron chi connectivity index (χ3n) is 1.90. The third-order valence-corrected chi connectivity index (χ3v) is 1.90. The van der Waals surface area contributed by atoms with Crippen LogP contribution in [0.5, 0.6) is 0 Å². The molecule has 0 amide bonds. The molecule has 0 radical (unpaired) electrons. The third kappa shape index (κ3) is 1.71. The van der Waals surface area contributed by atoms with Gasteiger partial charge < -0.3 is 10.7 Å². The summed E-state index contributed by atoms with van der Waals surface area (Å²) in [5, 5.41) is 0.562. The average molecular weight is 194 g/mol. The van der Waals surface area contributed by atoms with E-state index in [1.807, 2.05) is 20.8 Å². The van der Waals surface area contributed by atoms with E-state index in [4.69, 9.17) is 5.73 Å². The molecule has 14 heavy (non-hydrogen) atoms. The predicted molar refractivity (Wildman–Crippen MR) is 58.8 cm³/mol. The maximum atomic E-state index is 13.3. The van der Waals surface area contributed by atoms with E-state index < -0.39 is 0 Å². The normalized spacial score (nSPS) is 9.71. The number of halogens is 1. The molecule has 0 saturated heterocycles. The monoisotopic (exact) mass is 194 g/mol. The van der Waals surface area contributed by atoms with Crippen molar-refractivity contribution in [2.24, 2.45) is 0 Å².